The lowest BCUT2D eigenvalue weighted by Crippen LogP contribution is -2.26. The highest BCUT2D eigenvalue weighted by atomic mass is 16.3. The van der Waals surface area contributed by atoms with E-state index in [-0.39, 0.29) is 12.0 Å². The van der Waals surface area contributed by atoms with Crippen molar-refractivity contribution in [1.82, 2.24) is 5.32 Å². The molecule has 1 atom stereocenters. The van der Waals surface area contributed by atoms with Crippen LogP contribution in [-0.2, 0) is 11.2 Å². The number of nitrogens with one attached hydrogen (secondary N) is 1. The number of carbonyl (C=O) groups excluding carboxylic acids is 1. The van der Waals surface area contributed by atoms with Gasteiger partial charge in [-0.05, 0) is 38.7 Å². The monoisotopic (exact) mass is 249 g/mol. The number of benzene rings is 1. The van der Waals surface area contributed by atoms with Crippen LogP contribution in [0.25, 0.3) is 0 Å². The van der Waals surface area contributed by atoms with E-state index in [2.05, 4.69) is 36.5 Å². The number of carbonyl (C=O) groups is 1. The number of hydrogen-bond acceptors (Lipinski definition) is 2. The molecule has 0 aliphatic heterocycles. The van der Waals surface area contributed by atoms with Gasteiger partial charge < -0.3 is 10.4 Å². The minimum atomic E-state index is -0.349. The normalized spacial score (nSPS) is 12.2. The van der Waals surface area contributed by atoms with Crippen molar-refractivity contribution in [1.29, 1.82) is 0 Å². The van der Waals surface area contributed by atoms with Crippen LogP contribution in [0.2, 0.25) is 0 Å². The lowest BCUT2D eigenvalue weighted by atomic mass is 10.1. The van der Waals surface area contributed by atoms with Crippen LogP contribution in [0.4, 0.5) is 0 Å². The highest BCUT2D eigenvalue weighted by molar-refractivity contribution is 5.75. The fraction of sp³-hybridized carbons (Fsp3) is 0.533. The molecule has 1 aromatic carbocycles. The summed E-state index contributed by atoms with van der Waals surface area (Å²) in [6.07, 6.45) is 2.61. The lowest BCUT2D eigenvalue weighted by Gasteiger charge is -2.06. The first-order valence-corrected chi connectivity index (χ1v) is 6.58. The smallest absolute Gasteiger partial charge is 0.220 e. The fourth-order valence-electron chi connectivity index (χ4n) is 1.72. The SMILES string of the molecule is Cc1ccc(CCCC(=O)NCCC(C)O)cc1. The van der Waals surface area contributed by atoms with E-state index in [1.165, 1.54) is 11.1 Å². The van der Waals surface area contributed by atoms with Gasteiger partial charge in [-0.1, -0.05) is 29.8 Å². The van der Waals surface area contributed by atoms with Crippen molar-refractivity contribution in [3.63, 3.8) is 0 Å². The van der Waals surface area contributed by atoms with E-state index in [0.717, 1.165) is 12.8 Å². The molecule has 3 nitrogen and oxygen atoms in total. The van der Waals surface area contributed by atoms with Crippen molar-refractivity contribution in [2.45, 2.75) is 45.6 Å². The van der Waals surface area contributed by atoms with Crippen molar-refractivity contribution in [3.8, 4) is 0 Å². The Kier molecular flexibility index (Phi) is 6.44. The lowest BCUT2D eigenvalue weighted by molar-refractivity contribution is -0.121. The van der Waals surface area contributed by atoms with Gasteiger partial charge in [-0.3, -0.25) is 4.79 Å². The summed E-state index contributed by atoms with van der Waals surface area (Å²) in [5.41, 5.74) is 2.53. The van der Waals surface area contributed by atoms with Crippen molar-refractivity contribution in [2.75, 3.05) is 6.54 Å². The average molecular weight is 249 g/mol. The highest BCUT2D eigenvalue weighted by Crippen LogP contribution is 2.07. The van der Waals surface area contributed by atoms with Crippen LogP contribution in [0.5, 0.6) is 0 Å². The largest absolute Gasteiger partial charge is 0.393 e. The van der Waals surface area contributed by atoms with Crippen LogP contribution in [0, 0.1) is 6.92 Å². The molecule has 0 bridgehead atoms. The molecule has 1 rings (SSSR count). The molecular weight excluding hydrogens is 226 g/mol. The van der Waals surface area contributed by atoms with Gasteiger partial charge in [-0.15, -0.1) is 0 Å². The molecule has 18 heavy (non-hydrogen) atoms. The van der Waals surface area contributed by atoms with Gasteiger partial charge in [0, 0.05) is 13.0 Å². The second-order valence-electron chi connectivity index (χ2n) is 4.83. The van der Waals surface area contributed by atoms with E-state index in [0.29, 0.717) is 19.4 Å². The van der Waals surface area contributed by atoms with E-state index >= 15 is 0 Å². The van der Waals surface area contributed by atoms with E-state index in [1.54, 1.807) is 6.92 Å². The molecule has 0 saturated heterocycles. The Balaban J connectivity index is 2.13. The zero-order chi connectivity index (χ0) is 13.4. The van der Waals surface area contributed by atoms with E-state index in [9.17, 15) is 4.79 Å². The summed E-state index contributed by atoms with van der Waals surface area (Å²) in [5.74, 6) is 0.0720. The van der Waals surface area contributed by atoms with Crippen LogP contribution in [-0.4, -0.2) is 23.7 Å². The quantitative estimate of drug-likeness (QED) is 0.778. The van der Waals surface area contributed by atoms with Crippen LogP contribution >= 0.6 is 0 Å². The third-order valence-electron chi connectivity index (χ3n) is 2.87. The number of amides is 1. The molecule has 100 valence electrons. The minimum Gasteiger partial charge on any atom is -0.393 e. The number of rotatable bonds is 7. The third kappa shape index (κ3) is 6.40. The summed E-state index contributed by atoms with van der Waals surface area (Å²) >= 11 is 0. The zero-order valence-electron chi connectivity index (χ0n) is 11.3. The molecule has 1 unspecified atom stereocenters. The Bertz CT molecular complexity index is 357. The molecule has 0 radical (unpaired) electrons. The molecule has 0 spiro atoms. The van der Waals surface area contributed by atoms with E-state index < -0.39 is 0 Å². The second-order valence-corrected chi connectivity index (χ2v) is 4.83. The van der Waals surface area contributed by atoms with Gasteiger partial charge >= 0.3 is 0 Å². The summed E-state index contributed by atoms with van der Waals surface area (Å²) < 4.78 is 0. The predicted octanol–water partition coefficient (Wildman–Crippen LogP) is 2.20. The molecule has 0 saturated carbocycles. The summed E-state index contributed by atoms with van der Waals surface area (Å²) in [7, 11) is 0. The summed E-state index contributed by atoms with van der Waals surface area (Å²) in [4.78, 5) is 11.5. The van der Waals surface area contributed by atoms with Gasteiger partial charge in [0.25, 0.3) is 0 Å². The summed E-state index contributed by atoms with van der Waals surface area (Å²) in [5, 5.41) is 11.9. The van der Waals surface area contributed by atoms with Gasteiger partial charge in [-0.2, -0.15) is 0 Å². The van der Waals surface area contributed by atoms with Gasteiger partial charge in [0.15, 0.2) is 0 Å². The Morgan fingerprint density at radius 3 is 2.61 bits per heavy atom. The molecule has 0 aliphatic carbocycles. The van der Waals surface area contributed by atoms with Crippen LogP contribution in [0.3, 0.4) is 0 Å². The zero-order valence-corrected chi connectivity index (χ0v) is 11.3. The number of aliphatic hydroxyl groups excluding tert-OH is 1. The Morgan fingerprint density at radius 1 is 1.33 bits per heavy atom. The first kappa shape index (κ1) is 14.7. The topological polar surface area (TPSA) is 49.3 Å². The standard InChI is InChI=1S/C15H23NO2/c1-12-6-8-14(9-7-12)4-3-5-15(18)16-11-10-13(2)17/h6-9,13,17H,3-5,10-11H2,1-2H3,(H,16,18). The summed E-state index contributed by atoms with van der Waals surface area (Å²) in [6, 6.07) is 8.41. The fourth-order valence-corrected chi connectivity index (χ4v) is 1.72. The maximum Gasteiger partial charge on any atom is 0.220 e. The maximum atomic E-state index is 11.5. The number of aliphatic hydroxyl groups is 1. The number of hydrogen-bond donors (Lipinski definition) is 2. The molecule has 3 heteroatoms. The van der Waals surface area contributed by atoms with Crippen molar-refractivity contribution in [3.05, 3.63) is 35.4 Å². The molecule has 0 fully saturated rings. The summed E-state index contributed by atoms with van der Waals surface area (Å²) in [6.45, 7) is 4.35. The molecule has 1 amide bonds. The molecule has 0 heterocycles. The Hall–Kier alpha value is -1.35. The Morgan fingerprint density at radius 2 is 2.00 bits per heavy atom. The first-order valence-electron chi connectivity index (χ1n) is 6.58. The highest BCUT2D eigenvalue weighted by Gasteiger charge is 2.02. The van der Waals surface area contributed by atoms with E-state index in [1.807, 2.05) is 0 Å². The minimum absolute atomic E-state index is 0.0720. The maximum absolute atomic E-state index is 11.5. The third-order valence-corrected chi connectivity index (χ3v) is 2.87. The van der Waals surface area contributed by atoms with Crippen molar-refractivity contribution in [2.24, 2.45) is 0 Å². The van der Waals surface area contributed by atoms with Gasteiger partial charge in [-0.25, -0.2) is 0 Å². The van der Waals surface area contributed by atoms with Crippen molar-refractivity contribution >= 4 is 5.91 Å². The van der Waals surface area contributed by atoms with Gasteiger partial charge in [0.2, 0.25) is 5.91 Å². The van der Waals surface area contributed by atoms with Gasteiger partial charge in [0.05, 0.1) is 6.10 Å². The average Bonchev–Trinajstić information content (AvgIpc) is 2.31. The van der Waals surface area contributed by atoms with Crippen LogP contribution in [0.15, 0.2) is 24.3 Å². The molecule has 0 aromatic heterocycles. The second kappa shape index (κ2) is 7.88. The van der Waals surface area contributed by atoms with Gasteiger partial charge in [0.1, 0.15) is 0 Å². The van der Waals surface area contributed by atoms with Crippen molar-refractivity contribution < 1.29 is 9.90 Å². The molecule has 1 aromatic rings. The molecule has 2 N–H and O–H groups in total. The molecular formula is C15H23NO2. The first-order chi connectivity index (χ1) is 8.58. The van der Waals surface area contributed by atoms with Crippen LogP contribution < -0.4 is 5.32 Å². The number of aryl methyl sites for hydroxylation is 2. The van der Waals surface area contributed by atoms with E-state index in [4.69, 9.17) is 5.11 Å². The predicted molar refractivity (Wildman–Crippen MR) is 73.4 cm³/mol. The Labute approximate surface area is 109 Å². The van der Waals surface area contributed by atoms with Crippen LogP contribution in [0.1, 0.15) is 37.3 Å². The molecule has 0 aliphatic rings.